The van der Waals surface area contributed by atoms with Gasteiger partial charge in [0.05, 0.1) is 17.8 Å². The number of methoxy groups -OCH3 is 1. The highest BCUT2D eigenvalue weighted by molar-refractivity contribution is 9.10. The zero-order valence-electron chi connectivity index (χ0n) is 15.5. The van der Waals surface area contributed by atoms with Gasteiger partial charge in [-0.2, -0.15) is 0 Å². The van der Waals surface area contributed by atoms with E-state index in [2.05, 4.69) is 26.1 Å². The number of carbonyl (C=O) groups is 1. The minimum Gasteiger partial charge on any atom is -0.495 e. The van der Waals surface area contributed by atoms with Gasteiger partial charge in [-0.1, -0.05) is 51.4 Å². The van der Waals surface area contributed by atoms with E-state index in [-0.39, 0.29) is 5.78 Å². The summed E-state index contributed by atoms with van der Waals surface area (Å²) < 4.78 is 8.24. The second-order valence-corrected chi connectivity index (χ2v) is 8.51. The minimum absolute atomic E-state index is 0.194. The number of hydrogen-bond donors (Lipinski definition) is 0. The van der Waals surface area contributed by atoms with Crippen LogP contribution in [0.15, 0.2) is 52.1 Å². The lowest BCUT2D eigenvalue weighted by molar-refractivity contribution is -0.117. The number of benzene rings is 2. The quantitative estimate of drug-likeness (QED) is 0.300. The predicted octanol–water partition coefficient (Wildman–Crippen LogP) is 5.82. The van der Waals surface area contributed by atoms with E-state index in [1.807, 2.05) is 47.0 Å². The molecule has 0 spiro atoms. The maximum absolute atomic E-state index is 11.2. The Morgan fingerprint density at radius 1 is 1.21 bits per heavy atom. The molecule has 0 aliphatic heterocycles. The van der Waals surface area contributed by atoms with Crippen molar-refractivity contribution in [2.24, 2.45) is 0 Å². The van der Waals surface area contributed by atoms with Gasteiger partial charge in [0.2, 0.25) is 0 Å². The van der Waals surface area contributed by atoms with E-state index in [1.165, 1.54) is 0 Å². The van der Waals surface area contributed by atoms with Gasteiger partial charge in [0.15, 0.2) is 11.0 Å². The molecule has 0 N–H and O–H groups in total. The SMILES string of the molecule is COc1ccc(-n2c(SCCCC(C)=O)nnc2-c2ccc(Br)cc2)cc1Cl. The largest absolute Gasteiger partial charge is 0.495 e. The molecular weight excluding hydrogens is 462 g/mol. The Bertz CT molecular complexity index is 976. The van der Waals surface area contributed by atoms with Crippen LogP contribution < -0.4 is 4.74 Å². The molecule has 3 rings (SSSR count). The Morgan fingerprint density at radius 3 is 2.61 bits per heavy atom. The zero-order valence-corrected chi connectivity index (χ0v) is 18.6. The minimum atomic E-state index is 0.194. The first kappa shape index (κ1) is 20.9. The summed E-state index contributed by atoms with van der Waals surface area (Å²) in [4.78, 5) is 11.2. The van der Waals surface area contributed by atoms with E-state index in [1.54, 1.807) is 25.8 Å². The summed E-state index contributed by atoms with van der Waals surface area (Å²) in [5.41, 5.74) is 1.79. The van der Waals surface area contributed by atoms with Gasteiger partial charge >= 0.3 is 0 Å². The lowest BCUT2D eigenvalue weighted by Gasteiger charge is -2.12. The normalized spacial score (nSPS) is 10.9. The first-order valence-corrected chi connectivity index (χ1v) is 10.8. The van der Waals surface area contributed by atoms with Gasteiger partial charge in [-0.05, 0) is 43.7 Å². The summed E-state index contributed by atoms with van der Waals surface area (Å²) in [5.74, 6) is 2.31. The van der Waals surface area contributed by atoms with Crippen molar-refractivity contribution in [2.45, 2.75) is 24.9 Å². The molecule has 1 heterocycles. The monoisotopic (exact) mass is 479 g/mol. The summed E-state index contributed by atoms with van der Waals surface area (Å²) in [6.45, 7) is 1.61. The lowest BCUT2D eigenvalue weighted by atomic mass is 10.2. The molecule has 2 aromatic carbocycles. The van der Waals surface area contributed by atoms with Crippen molar-refractivity contribution in [2.75, 3.05) is 12.9 Å². The van der Waals surface area contributed by atoms with Crippen molar-refractivity contribution < 1.29 is 9.53 Å². The van der Waals surface area contributed by atoms with Crippen LogP contribution >= 0.6 is 39.3 Å². The van der Waals surface area contributed by atoms with Crippen LogP contribution in [0.2, 0.25) is 5.02 Å². The number of nitrogens with zero attached hydrogens (tertiary/aromatic N) is 3. The summed E-state index contributed by atoms with van der Waals surface area (Å²) in [5, 5.41) is 10.1. The molecule has 0 fully saturated rings. The van der Waals surface area contributed by atoms with Gasteiger partial charge in [0, 0.05) is 22.2 Å². The molecule has 0 unspecified atom stereocenters. The smallest absolute Gasteiger partial charge is 0.196 e. The van der Waals surface area contributed by atoms with E-state index >= 15 is 0 Å². The Hall–Kier alpha value is -1.83. The summed E-state index contributed by atoms with van der Waals surface area (Å²) in [6, 6.07) is 13.5. The average molecular weight is 481 g/mol. The molecule has 0 atom stereocenters. The Kier molecular flexibility index (Phi) is 7.15. The van der Waals surface area contributed by atoms with Crippen molar-refractivity contribution in [3.8, 4) is 22.8 Å². The van der Waals surface area contributed by atoms with E-state index < -0.39 is 0 Å². The highest BCUT2D eigenvalue weighted by Gasteiger charge is 2.17. The number of hydrogen-bond acceptors (Lipinski definition) is 5. The summed E-state index contributed by atoms with van der Waals surface area (Å²) in [7, 11) is 1.59. The fraction of sp³-hybridized carbons (Fsp3) is 0.250. The third kappa shape index (κ3) is 4.96. The molecule has 0 radical (unpaired) electrons. The van der Waals surface area contributed by atoms with Crippen molar-refractivity contribution in [1.82, 2.24) is 14.8 Å². The fourth-order valence-electron chi connectivity index (χ4n) is 2.66. The molecule has 0 aliphatic rings. The number of Topliss-reactive ketones (excluding diaryl/α,β-unsaturated/α-hetero) is 1. The van der Waals surface area contributed by atoms with Gasteiger partial charge < -0.3 is 9.53 Å². The molecule has 0 aliphatic carbocycles. The number of halogens is 2. The van der Waals surface area contributed by atoms with Crippen molar-refractivity contribution in [3.63, 3.8) is 0 Å². The topological polar surface area (TPSA) is 57.0 Å². The summed E-state index contributed by atoms with van der Waals surface area (Å²) in [6.07, 6.45) is 1.36. The molecule has 5 nitrogen and oxygen atoms in total. The molecule has 0 saturated heterocycles. The highest BCUT2D eigenvalue weighted by atomic mass is 79.9. The molecule has 0 amide bonds. The number of carbonyl (C=O) groups excluding carboxylic acids is 1. The molecule has 146 valence electrons. The molecule has 1 aromatic heterocycles. The first-order chi connectivity index (χ1) is 13.5. The van der Waals surface area contributed by atoms with Crippen molar-refractivity contribution >= 4 is 45.1 Å². The number of thioether (sulfide) groups is 1. The number of rotatable bonds is 8. The van der Waals surface area contributed by atoms with E-state index in [9.17, 15) is 4.79 Å². The third-order valence-electron chi connectivity index (χ3n) is 4.03. The maximum atomic E-state index is 11.2. The summed E-state index contributed by atoms with van der Waals surface area (Å²) >= 11 is 11.4. The Balaban J connectivity index is 2.00. The molecule has 8 heteroatoms. The number of ketones is 1. The maximum Gasteiger partial charge on any atom is 0.196 e. The molecule has 3 aromatic rings. The second kappa shape index (κ2) is 9.58. The van der Waals surface area contributed by atoms with Crippen LogP contribution in [-0.4, -0.2) is 33.4 Å². The average Bonchev–Trinajstić information content (AvgIpc) is 3.09. The Morgan fingerprint density at radius 2 is 1.96 bits per heavy atom. The van der Waals surface area contributed by atoms with E-state index in [0.29, 0.717) is 17.2 Å². The van der Waals surface area contributed by atoms with E-state index in [0.717, 1.165) is 38.9 Å². The van der Waals surface area contributed by atoms with Gasteiger partial charge in [-0.25, -0.2) is 0 Å². The van der Waals surface area contributed by atoms with Gasteiger partial charge in [0.25, 0.3) is 0 Å². The van der Waals surface area contributed by atoms with Crippen LogP contribution in [0.1, 0.15) is 19.8 Å². The van der Waals surface area contributed by atoms with E-state index in [4.69, 9.17) is 16.3 Å². The molecular formula is C20H19BrClN3O2S. The van der Waals surface area contributed by atoms with Crippen LogP contribution in [0.4, 0.5) is 0 Å². The van der Waals surface area contributed by atoms with Gasteiger partial charge in [-0.3, -0.25) is 4.57 Å². The molecule has 0 bridgehead atoms. The standard InChI is InChI=1S/C20H19BrClN3O2S/c1-13(26)4-3-11-28-20-24-23-19(14-5-7-15(21)8-6-14)25(20)16-9-10-18(27-2)17(22)12-16/h5-10,12H,3-4,11H2,1-2H3. The first-order valence-electron chi connectivity index (χ1n) is 8.67. The lowest BCUT2D eigenvalue weighted by Crippen LogP contribution is -2.01. The number of ether oxygens (including phenoxy) is 1. The Labute approximate surface area is 181 Å². The zero-order chi connectivity index (χ0) is 20.1. The fourth-order valence-corrected chi connectivity index (χ4v) is 4.07. The number of aromatic nitrogens is 3. The predicted molar refractivity (Wildman–Crippen MR) is 117 cm³/mol. The highest BCUT2D eigenvalue weighted by Crippen LogP contribution is 2.33. The third-order valence-corrected chi connectivity index (χ3v) is 5.87. The second-order valence-electron chi connectivity index (χ2n) is 6.12. The van der Waals surface area contributed by atoms with Gasteiger partial charge in [-0.15, -0.1) is 10.2 Å². The molecule has 28 heavy (non-hydrogen) atoms. The van der Waals surface area contributed by atoms with Crippen LogP contribution in [0.3, 0.4) is 0 Å². The molecule has 0 saturated carbocycles. The van der Waals surface area contributed by atoms with Crippen LogP contribution in [0.25, 0.3) is 17.1 Å². The van der Waals surface area contributed by atoms with Crippen LogP contribution in [0.5, 0.6) is 5.75 Å². The van der Waals surface area contributed by atoms with Crippen molar-refractivity contribution in [3.05, 3.63) is 52.0 Å². The van der Waals surface area contributed by atoms with Crippen molar-refractivity contribution in [1.29, 1.82) is 0 Å². The van der Waals surface area contributed by atoms with Gasteiger partial charge in [0.1, 0.15) is 11.5 Å². The van der Waals surface area contributed by atoms with Crippen LogP contribution in [0, 0.1) is 0 Å². The van der Waals surface area contributed by atoms with Crippen LogP contribution in [-0.2, 0) is 4.79 Å².